The van der Waals surface area contributed by atoms with Crippen molar-refractivity contribution in [1.82, 2.24) is 0 Å². The Labute approximate surface area is 153 Å². The molecule has 0 amide bonds. The third kappa shape index (κ3) is 5.10. The highest BCUT2D eigenvalue weighted by molar-refractivity contribution is 7.80. The zero-order chi connectivity index (χ0) is 20.5. The summed E-state index contributed by atoms with van der Waals surface area (Å²) >= 11 is 0. The van der Waals surface area contributed by atoms with E-state index in [0.717, 1.165) is 0 Å². The molecule has 10 atom stereocenters. The molecule has 14 nitrogen and oxygen atoms in total. The van der Waals surface area contributed by atoms with Crippen molar-refractivity contribution in [3.63, 3.8) is 0 Å². The number of ether oxygens (including phenoxy) is 3. The zero-order valence-corrected chi connectivity index (χ0v) is 14.4. The van der Waals surface area contributed by atoms with E-state index in [0.29, 0.717) is 0 Å². The molecule has 2 saturated heterocycles. The van der Waals surface area contributed by atoms with Crippen molar-refractivity contribution in [3.05, 3.63) is 0 Å². The molecule has 0 spiro atoms. The van der Waals surface area contributed by atoms with Crippen molar-refractivity contribution in [2.45, 2.75) is 61.4 Å². The first kappa shape index (κ1) is 22.8. The Morgan fingerprint density at radius 1 is 0.778 bits per heavy atom. The van der Waals surface area contributed by atoms with Crippen LogP contribution in [-0.2, 0) is 28.8 Å². The van der Waals surface area contributed by atoms with E-state index >= 15 is 0 Å². The highest BCUT2D eigenvalue weighted by atomic mass is 32.3. The summed E-state index contributed by atoms with van der Waals surface area (Å²) in [6.45, 7) is -1.65. The molecular weight excluding hydrogens is 400 g/mol. The first-order chi connectivity index (χ1) is 12.5. The van der Waals surface area contributed by atoms with Crippen LogP contribution in [0.2, 0.25) is 0 Å². The van der Waals surface area contributed by atoms with E-state index < -0.39 is 85.0 Å². The monoisotopic (exact) mass is 422 g/mol. The lowest BCUT2D eigenvalue weighted by Gasteiger charge is -2.45. The third-order valence-electron chi connectivity index (χ3n) is 4.19. The molecule has 0 bridgehead atoms. The van der Waals surface area contributed by atoms with Gasteiger partial charge in [0.05, 0.1) is 13.2 Å². The van der Waals surface area contributed by atoms with Gasteiger partial charge in [-0.25, -0.2) is 4.18 Å². The van der Waals surface area contributed by atoms with E-state index in [1.807, 2.05) is 0 Å². The van der Waals surface area contributed by atoms with E-state index in [-0.39, 0.29) is 0 Å². The quantitative estimate of drug-likeness (QED) is 0.186. The van der Waals surface area contributed by atoms with Crippen molar-refractivity contribution in [1.29, 1.82) is 0 Å². The predicted molar refractivity (Wildman–Crippen MR) is 79.0 cm³/mol. The zero-order valence-electron chi connectivity index (χ0n) is 13.6. The summed E-state index contributed by atoms with van der Waals surface area (Å²) in [6.07, 6.45) is -17.9. The Hall–Kier alpha value is -0.530. The van der Waals surface area contributed by atoms with E-state index in [4.69, 9.17) is 23.9 Å². The van der Waals surface area contributed by atoms with Gasteiger partial charge in [-0.3, -0.25) is 4.55 Å². The van der Waals surface area contributed by atoms with Crippen LogP contribution in [0.3, 0.4) is 0 Å². The molecule has 0 radical (unpaired) electrons. The van der Waals surface area contributed by atoms with Crippen molar-refractivity contribution in [2.24, 2.45) is 0 Å². The van der Waals surface area contributed by atoms with E-state index in [1.54, 1.807) is 0 Å². The third-order valence-corrected chi connectivity index (χ3v) is 4.65. The van der Waals surface area contributed by atoms with Crippen LogP contribution in [0.15, 0.2) is 0 Å². The van der Waals surface area contributed by atoms with Crippen molar-refractivity contribution >= 4 is 10.4 Å². The van der Waals surface area contributed by atoms with Crippen LogP contribution in [0.1, 0.15) is 0 Å². The van der Waals surface area contributed by atoms with Gasteiger partial charge in [0, 0.05) is 0 Å². The first-order valence-electron chi connectivity index (χ1n) is 7.74. The van der Waals surface area contributed by atoms with Gasteiger partial charge in [-0.1, -0.05) is 0 Å². The SMILES string of the molecule is O=S(=O)(O)O[C@@H]1[C@@H](O)[C@H](O)O[C@H](CO)[C@H]1O[C@@H]1O[C@H](CO)[C@H](O)[C@H](O)[C@H]1O. The molecule has 2 aliphatic heterocycles. The summed E-state index contributed by atoms with van der Waals surface area (Å²) in [5, 5.41) is 67.5. The van der Waals surface area contributed by atoms with Crippen LogP contribution in [0.5, 0.6) is 0 Å². The van der Waals surface area contributed by atoms with Crippen LogP contribution in [0.4, 0.5) is 0 Å². The van der Waals surface area contributed by atoms with Crippen LogP contribution < -0.4 is 0 Å². The first-order valence-corrected chi connectivity index (χ1v) is 9.10. The Kier molecular flexibility index (Phi) is 7.47. The summed E-state index contributed by atoms with van der Waals surface area (Å²) in [5.74, 6) is 0. The average molecular weight is 422 g/mol. The molecule has 2 rings (SSSR count). The van der Waals surface area contributed by atoms with Gasteiger partial charge in [-0.15, -0.1) is 0 Å². The van der Waals surface area contributed by atoms with E-state index in [2.05, 4.69) is 4.18 Å². The average Bonchev–Trinajstić information content (AvgIpc) is 2.60. The van der Waals surface area contributed by atoms with Crippen molar-refractivity contribution in [2.75, 3.05) is 13.2 Å². The highest BCUT2D eigenvalue weighted by Gasteiger charge is 2.52. The molecule has 8 N–H and O–H groups in total. The number of aliphatic hydroxyl groups excluding tert-OH is 7. The molecule has 27 heavy (non-hydrogen) atoms. The molecule has 0 aromatic rings. The number of aliphatic hydroxyl groups is 7. The maximum atomic E-state index is 11.0. The number of hydrogen-bond acceptors (Lipinski definition) is 13. The molecule has 2 heterocycles. The lowest BCUT2D eigenvalue weighted by Crippen LogP contribution is -2.65. The van der Waals surface area contributed by atoms with E-state index in [9.17, 15) is 39.1 Å². The fourth-order valence-electron chi connectivity index (χ4n) is 2.80. The minimum atomic E-state index is -5.15. The molecule has 0 saturated carbocycles. The Morgan fingerprint density at radius 2 is 1.37 bits per heavy atom. The molecular formula is C12H22O14S. The minimum absolute atomic E-state index is 0.776. The van der Waals surface area contributed by atoms with Gasteiger partial charge in [0.15, 0.2) is 12.6 Å². The highest BCUT2D eigenvalue weighted by Crippen LogP contribution is 2.30. The van der Waals surface area contributed by atoms with Gasteiger partial charge in [-0.05, 0) is 0 Å². The van der Waals surface area contributed by atoms with Crippen LogP contribution in [0, 0.1) is 0 Å². The molecule has 0 unspecified atom stereocenters. The van der Waals surface area contributed by atoms with E-state index in [1.165, 1.54) is 0 Å². The lowest BCUT2D eigenvalue weighted by atomic mass is 9.97. The molecule has 0 aromatic heterocycles. The standard InChI is InChI=1S/C12H22O14S/c13-1-3-5(15)6(16)7(17)12(24-3)25-9-4(2-14)23-11(19)8(18)10(9)26-27(20,21)22/h3-19H,1-2H2,(H,20,21,22)/t3-,4-,5+,6+,7-,8-,9-,10-,11-,12+/m1/s1. The number of hydrogen-bond donors (Lipinski definition) is 8. The second kappa shape index (κ2) is 8.87. The van der Waals surface area contributed by atoms with Gasteiger partial charge in [0.1, 0.15) is 48.8 Å². The Bertz CT molecular complexity index is 583. The Balaban J connectivity index is 2.27. The minimum Gasteiger partial charge on any atom is -0.394 e. The van der Waals surface area contributed by atoms with Crippen molar-refractivity contribution in [3.8, 4) is 0 Å². The second-order valence-corrected chi connectivity index (χ2v) is 7.07. The molecule has 160 valence electrons. The lowest BCUT2D eigenvalue weighted by molar-refractivity contribution is -0.352. The van der Waals surface area contributed by atoms with Gasteiger partial charge in [0.2, 0.25) is 0 Å². The summed E-state index contributed by atoms with van der Waals surface area (Å²) in [6, 6.07) is 0. The van der Waals surface area contributed by atoms with Gasteiger partial charge >= 0.3 is 10.4 Å². The maximum Gasteiger partial charge on any atom is 0.397 e. The summed E-state index contributed by atoms with van der Waals surface area (Å²) in [4.78, 5) is 0. The van der Waals surface area contributed by atoms with Crippen molar-refractivity contribution < 1.29 is 67.1 Å². The van der Waals surface area contributed by atoms with Crippen LogP contribution in [-0.4, -0.2) is 123 Å². The predicted octanol–water partition coefficient (Wildman–Crippen LogP) is -5.57. The largest absolute Gasteiger partial charge is 0.397 e. The fraction of sp³-hybridized carbons (Fsp3) is 1.00. The van der Waals surface area contributed by atoms with Crippen LogP contribution in [0.25, 0.3) is 0 Å². The Morgan fingerprint density at radius 3 is 1.89 bits per heavy atom. The smallest absolute Gasteiger partial charge is 0.394 e. The summed E-state index contributed by atoms with van der Waals surface area (Å²) < 4.78 is 50.4. The normalized spacial score (nSPS) is 46.4. The molecule has 2 fully saturated rings. The van der Waals surface area contributed by atoms with Crippen LogP contribution >= 0.6 is 0 Å². The summed E-state index contributed by atoms with van der Waals surface area (Å²) in [7, 11) is -5.15. The molecule has 2 aliphatic rings. The fourth-order valence-corrected chi connectivity index (χ4v) is 3.31. The summed E-state index contributed by atoms with van der Waals surface area (Å²) in [5.41, 5.74) is 0. The van der Waals surface area contributed by atoms with Gasteiger partial charge in [0.25, 0.3) is 0 Å². The number of rotatable bonds is 6. The van der Waals surface area contributed by atoms with Gasteiger partial charge < -0.3 is 50.0 Å². The molecule has 0 aromatic carbocycles. The second-order valence-electron chi connectivity index (χ2n) is 6.02. The molecule has 0 aliphatic carbocycles. The van der Waals surface area contributed by atoms with Gasteiger partial charge in [-0.2, -0.15) is 8.42 Å². The molecule has 15 heteroatoms. The maximum absolute atomic E-state index is 11.0. The topological polar surface area (TPSA) is 233 Å².